The fourth-order valence-corrected chi connectivity index (χ4v) is 4.00. The van der Waals surface area contributed by atoms with Gasteiger partial charge in [-0.2, -0.15) is 0 Å². The number of hydrogen-bond acceptors (Lipinski definition) is 3. The van der Waals surface area contributed by atoms with Crippen LogP contribution in [0.2, 0.25) is 0 Å². The number of anilines is 2. The maximum Gasteiger partial charge on any atom is 0.227 e. The highest BCUT2D eigenvalue weighted by atomic mass is 16.5. The van der Waals surface area contributed by atoms with Gasteiger partial charge in [-0.15, -0.1) is 0 Å². The zero-order valence-corrected chi connectivity index (χ0v) is 15.4. The lowest BCUT2D eigenvalue weighted by Crippen LogP contribution is -2.29. The Bertz CT molecular complexity index is 779. The number of fused-ring (bicyclic) bond motifs is 1. The summed E-state index contributed by atoms with van der Waals surface area (Å²) in [5, 5.41) is 0. The number of aryl methyl sites for hydroxylation is 1. The highest BCUT2D eigenvalue weighted by Crippen LogP contribution is 2.33. The Hall–Kier alpha value is -2.49. The van der Waals surface area contributed by atoms with Crippen LogP contribution in [0.15, 0.2) is 42.5 Å². The molecular formula is C22H26N2O2. The zero-order valence-electron chi connectivity index (χ0n) is 15.4. The van der Waals surface area contributed by atoms with Crippen molar-refractivity contribution in [3.8, 4) is 5.75 Å². The minimum atomic E-state index is 0.216. The molecular weight excluding hydrogens is 324 g/mol. The van der Waals surface area contributed by atoms with Crippen molar-refractivity contribution in [3.63, 3.8) is 0 Å². The standard InChI is InChI=1S/C22H26N2O2/c1-26-20-8-4-17(5-9-20)6-11-22(25)24-15-12-18-16-19(7-10-21(18)24)23-13-2-3-14-23/h4-5,7-10,16H,2-3,6,11-15H2,1H3. The molecule has 0 N–H and O–H groups in total. The molecule has 0 radical (unpaired) electrons. The predicted molar refractivity (Wildman–Crippen MR) is 105 cm³/mol. The van der Waals surface area contributed by atoms with Gasteiger partial charge in [-0.1, -0.05) is 12.1 Å². The summed E-state index contributed by atoms with van der Waals surface area (Å²) in [5.41, 5.74) is 4.90. The summed E-state index contributed by atoms with van der Waals surface area (Å²) < 4.78 is 5.18. The second-order valence-electron chi connectivity index (χ2n) is 7.15. The third kappa shape index (κ3) is 3.41. The van der Waals surface area contributed by atoms with E-state index in [-0.39, 0.29) is 5.91 Å². The van der Waals surface area contributed by atoms with Crippen molar-refractivity contribution in [2.24, 2.45) is 0 Å². The lowest BCUT2D eigenvalue weighted by Gasteiger charge is -2.21. The van der Waals surface area contributed by atoms with Crippen LogP contribution in [0.25, 0.3) is 0 Å². The van der Waals surface area contributed by atoms with Crippen LogP contribution in [-0.4, -0.2) is 32.7 Å². The van der Waals surface area contributed by atoms with Gasteiger partial charge >= 0.3 is 0 Å². The van der Waals surface area contributed by atoms with Crippen LogP contribution in [0.5, 0.6) is 5.75 Å². The van der Waals surface area contributed by atoms with Crippen molar-refractivity contribution in [2.75, 3.05) is 36.5 Å². The molecule has 0 aromatic heterocycles. The van der Waals surface area contributed by atoms with E-state index in [9.17, 15) is 4.79 Å². The van der Waals surface area contributed by atoms with Crippen molar-refractivity contribution in [2.45, 2.75) is 32.1 Å². The first-order valence-corrected chi connectivity index (χ1v) is 9.56. The van der Waals surface area contributed by atoms with Gasteiger partial charge in [0.1, 0.15) is 5.75 Å². The van der Waals surface area contributed by atoms with E-state index in [1.165, 1.54) is 29.7 Å². The molecule has 0 unspecified atom stereocenters. The van der Waals surface area contributed by atoms with E-state index in [1.54, 1.807) is 7.11 Å². The highest BCUT2D eigenvalue weighted by molar-refractivity contribution is 5.95. The number of nitrogens with zero attached hydrogens (tertiary/aromatic N) is 2. The first-order valence-electron chi connectivity index (χ1n) is 9.56. The third-order valence-corrected chi connectivity index (χ3v) is 5.52. The van der Waals surface area contributed by atoms with Crippen molar-refractivity contribution < 1.29 is 9.53 Å². The van der Waals surface area contributed by atoms with Gasteiger partial charge in [0.05, 0.1) is 7.11 Å². The number of hydrogen-bond donors (Lipinski definition) is 0. The molecule has 0 saturated carbocycles. The minimum Gasteiger partial charge on any atom is -0.497 e. The maximum absolute atomic E-state index is 12.7. The van der Waals surface area contributed by atoms with Crippen LogP contribution in [0.4, 0.5) is 11.4 Å². The fraction of sp³-hybridized carbons (Fsp3) is 0.409. The molecule has 2 aliphatic heterocycles. The van der Waals surface area contributed by atoms with E-state index in [2.05, 4.69) is 23.1 Å². The number of ether oxygens (including phenoxy) is 1. The SMILES string of the molecule is COc1ccc(CCC(=O)N2CCc3cc(N4CCCC4)ccc32)cc1. The second kappa shape index (κ2) is 7.40. The molecule has 1 saturated heterocycles. The van der Waals surface area contributed by atoms with Crippen LogP contribution < -0.4 is 14.5 Å². The first kappa shape index (κ1) is 17.0. The van der Waals surface area contributed by atoms with Gasteiger partial charge in [-0.3, -0.25) is 4.79 Å². The lowest BCUT2D eigenvalue weighted by atomic mass is 10.1. The van der Waals surface area contributed by atoms with Gasteiger partial charge < -0.3 is 14.5 Å². The summed E-state index contributed by atoms with van der Waals surface area (Å²) >= 11 is 0. The average molecular weight is 350 g/mol. The summed E-state index contributed by atoms with van der Waals surface area (Å²) in [6.07, 6.45) is 4.84. The summed E-state index contributed by atoms with van der Waals surface area (Å²) in [7, 11) is 1.67. The quantitative estimate of drug-likeness (QED) is 0.822. The molecule has 2 aromatic carbocycles. The highest BCUT2D eigenvalue weighted by Gasteiger charge is 2.25. The van der Waals surface area contributed by atoms with Gasteiger partial charge in [0, 0.05) is 37.4 Å². The first-order chi connectivity index (χ1) is 12.7. The van der Waals surface area contributed by atoms with Gasteiger partial charge in [-0.25, -0.2) is 0 Å². The van der Waals surface area contributed by atoms with Crippen molar-refractivity contribution in [1.82, 2.24) is 0 Å². The molecule has 0 aliphatic carbocycles. The molecule has 136 valence electrons. The molecule has 0 bridgehead atoms. The Morgan fingerprint density at radius 1 is 1.04 bits per heavy atom. The summed E-state index contributed by atoms with van der Waals surface area (Å²) in [5.74, 6) is 1.07. The van der Waals surface area contributed by atoms with Crippen LogP contribution in [0.1, 0.15) is 30.4 Å². The van der Waals surface area contributed by atoms with Crippen LogP contribution in [-0.2, 0) is 17.6 Å². The second-order valence-corrected chi connectivity index (χ2v) is 7.15. The monoisotopic (exact) mass is 350 g/mol. The van der Waals surface area contributed by atoms with Gasteiger partial charge in [0.25, 0.3) is 0 Å². The summed E-state index contributed by atoms with van der Waals surface area (Å²) in [6.45, 7) is 3.12. The largest absolute Gasteiger partial charge is 0.497 e. The lowest BCUT2D eigenvalue weighted by molar-refractivity contribution is -0.118. The van der Waals surface area contributed by atoms with Crippen molar-refractivity contribution in [1.29, 1.82) is 0 Å². The normalized spacial score (nSPS) is 16.0. The van der Waals surface area contributed by atoms with Crippen molar-refractivity contribution in [3.05, 3.63) is 53.6 Å². The third-order valence-electron chi connectivity index (χ3n) is 5.52. The molecule has 4 nitrogen and oxygen atoms in total. The number of methoxy groups -OCH3 is 1. The smallest absolute Gasteiger partial charge is 0.227 e. The van der Waals surface area contributed by atoms with Crippen LogP contribution in [0.3, 0.4) is 0 Å². The molecule has 2 heterocycles. The van der Waals surface area contributed by atoms with E-state index in [1.807, 2.05) is 29.2 Å². The van der Waals surface area contributed by atoms with Crippen LogP contribution in [0, 0.1) is 0 Å². The number of benzene rings is 2. The Morgan fingerprint density at radius 3 is 2.54 bits per heavy atom. The van der Waals surface area contributed by atoms with E-state index in [0.29, 0.717) is 6.42 Å². The van der Waals surface area contributed by atoms with E-state index >= 15 is 0 Å². The minimum absolute atomic E-state index is 0.216. The topological polar surface area (TPSA) is 32.8 Å². The van der Waals surface area contributed by atoms with Crippen molar-refractivity contribution >= 4 is 17.3 Å². The molecule has 0 atom stereocenters. The van der Waals surface area contributed by atoms with E-state index in [0.717, 1.165) is 43.9 Å². The predicted octanol–water partition coefficient (Wildman–Crippen LogP) is 3.82. The number of carbonyl (C=O) groups excluding carboxylic acids is 1. The van der Waals surface area contributed by atoms with E-state index < -0.39 is 0 Å². The molecule has 2 aliphatic rings. The number of rotatable bonds is 5. The molecule has 0 spiro atoms. The molecule has 1 fully saturated rings. The maximum atomic E-state index is 12.7. The molecule has 4 heteroatoms. The Kier molecular flexibility index (Phi) is 4.83. The molecule has 26 heavy (non-hydrogen) atoms. The molecule has 1 amide bonds. The Labute approximate surface area is 155 Å². The number of carbonyl (C=O) groups is 1. The average Bonchev–Trinajstić information content (AvgIpc) is 3.35. The summed E-state index contributed by atoms with van der Waals surface area (Å²) in [6, 6.07) is 14.6. The fourth-order valence-electron chi connectivity index (χ4n) is 4.00. The van der Waals surface area contributed by atoms with E-state index in [4.69, 9.17) is 4.74 Å². The van der Waals surface area contributed by atoms with Gasteiger partial charge in [0.2, 0.25) is 5.91 Å². The number of amides is 1. The summed E-state index contributed by atoms with van der Waals surface area (Å²) in [4.78, 5) is 17.2. The van der Waals surface area contributed by atoms with Gasteiger partial charge in [-0.05, 0) is 67.1 Å². The zero-order chi connectivity index (χ0) is 17.9. The molecule has 4 rings (SSSR count). The van der Waals surface area contributed by atoms with Gasteiger partial charge in [0.15, 0.2) is 0 Å². The Balaban J connectivity index is 1.40. The molecule has 2 aromatic rings. The Morgan fingerprint density at radius 2 is 1.81 bits per heavy atom. The van der Waals surface area contributed by atoms with Crippen LogP contribution >= 0.6 is 0 Å².